The van der Waals surface area contributed by atoms with E-state index in [9.17, 15) is 78.5 Å². The molecular formula is C57H76N6O30P3S6+. The van der Waals surface area contributed by atoms with Gasteiger partial charge >= 0.3 is 57.3 Å². The lowest BCUT2D eigenvalue weighted by atomic mass is 9.88. The lowest BCUT2D eigenvalue weighted by Crippen LogP contribution is -2.72. The normalized spacial score (nSPS) is 16.8. The van der Waals surface area contributed by atoms with Crippen LogP contribution in [0.25, 0.3) is 33.4 Å². The van der Waals surface area contributed by atoms with Gasteiger partial charge in [0.2, 0.25) is 10.3 Å². The van der Waals surface area contributed by atoms with Crippen LogP contribution in [-0.2, 0) is 106 Å². The molecule has 0 saturated carbocycles. The van der Waals surface area contributed by atoms with E-state index in [4.69, 9.17) is 74.5 Å². The number of hydrogen-bond donors (Lipinski definition) is 11. The topological polar surface area (TPSA) is 548 Å². The number of carbonyl (C=O) groups excluding carboxylic acids is 3. The van der Waals surface area contributed by atoms with Crippen molar-refractivity contribution in [1.82, 2.24) is 14.9 Å². The Labute approximate surface area is 598 Å². The molecule has 1 amide bonds. The van der Waals surface area contributed by atoms with Gasteiger partial charge in [0.05, 0.1) is 74.9 Å². The molecule has 6 atom stereocenters. The molecular weight excluding hydrogens is 1530 g/mol. The number of carbonyl (C=O) groups is 4. The molecule has 1 aliphatic carbocycles. The standard InChI is InChI=1S/C57H75N6O30P3S6/c1-5-100(97)34-88-44-30-46(90-45(44)32-89-95(73,74)93-96(75,76)92-94(70,71)72)63-31-36(53(59)62-55(63)68)11-6-7-13-47(65)86-24-9-8-22-85-33-98-99-57(2,3)20-25-87-56(69)61-21-26-84-28-27-83-23-10-12-43(64)35-14-15-37(54(66)67)40(29-35)48-38-16-18-41(58)51(101(77,78)79)49(38)91-50-39(48)17-19-42(60-4)52(50)102(80,81)82/h14-19,29,31,44-46H,5,7-10,12-13,20-28,30,32-34,58H2,1-4H3,(H,61,69)(H,66,67)(H,73,74)(H,75,76)(H2,59,62,68)(H2,70,71,72)(H,77,78,79)(H,80,81,82)/p+1/t44-,45+,46+,100?/m0/s1. The first-order valence-corrected chi connectivity index (χ1v) is 42.6. The number of phosphoric ester groups is 1. The van der Waals surface area contributed by atoms with Gasteiger partial charge in [0.15, 0.2) is 22.0 Å². The second-order valence-corrected chi connectivity index (χ2v) is 35.4. The first kappa shape index (κ1) is 85.3. The Morgan fingerprint density at radius 1 is 0.873 bits per heavy atom. The van der Waals surface area contributed by atoms with Gasteiger partial charge in [-0.05, 0) is 92.4 Å². The maximum atomic E-state index is 13.6. The summed E-state index contributed by atoms with van der Waals surface area (Å²) in [5, 5.41) is 12.6. The minimum Gasteiger partial charge on any atom is -0.478 e. The molecule has 0 bridgehead atoms. The highest BCUT2D eigenvalue weighted by Gasteiger charge is 2.44. The van der Waals surface area contributed by atoms with Crippen LogP contribution in [0, 0.1) is 11.8 Å². The van der Waals surface area contributed by atoms with Crippen LogP contribution in [-0.4, -0.2) is 185 Å². The Kier molecular flexibility index (Phi) is 32.2. The molecule has 3 unspecified atom stereocenters. The Morgan fingerprint density at radius 2 is 1.57 bits per heavy atom. The van der Waals surface area contributed by atoms with E-state index in [1.54, 1.807) is 10.8 Å². The summed E-state index contributed by atoms with van der Waals surface area (Å²) in [4.78, 5) is 106. The van der Waals surface area contributed by atoms with E-state index in [0.717, 1.165) is 16.7 Å². The number of aromatic nitrogens is 2. The van der Waals surface area contributed by atoms with Crippen LogP contribution in [0.3, 0.4) is 0 Å². The number of rotatable bonds is 41. The number of phosphoric acid groups is 3. The molecule has 36 nitrogen and oxygen atoms in total. The van der Waals surface area contributed by atoms with Crippen LogP contribution in [0.1, 0.15) is 105 Å². The Morgan fingerprint density at radius 3 is 2.25 bits per heavy atom. The third kappa shape index (κ3) is 26.4. The fourth-order valence-corrected chi connectivity index (χ4v) is 17.0. The number of anilines is 2. The fourth-order valence-electron chi connectivity index (χ4n) is 9.47. The first-order chi connectivity index (χ1) is 47.8. The van der Waals surface area contributed by atoms with Gasteiger partial charge in [-0.15, -0.1) is 0 Å². The minimum atomic E-state index is -5.80. The predicted molar refractivity (Wildman–Crippen MR) is 371 cm³/mol. The third-order valence-corrected chi connectivity index (χ3v) is 24.9. The van der Waals surface area contributed by atoms with Gasteiger partial charge < -0.3 is 79.0 Å². The molecule has 0 radical (unpaired) electrons. The Bertz CT molecular complexity index is 4430. The molecule has 1 fully saturated rings. The van der Waals surface area contributed by atoms with E-state index in [-0.39, 0.29) is 139 Å². The van der Waals surface area contributed by atoms with Crippen molar-refractivity contribution < 1.29 is 139 Å². The van der Waals surface area contributed by atoms with Crippen molar-refractivity contribution in [2.75, 3.05) is 95.5 Å². The summed E-state index contributed by atoms with van der Waals surface area (Å²) in [5.41, 5.74) is 9.20. The number of ether oxygens (including phenoxy) is 7. The van der Waals surface area contributed by atoms with Gasteiger partial charge in [-0.25, -0.2) is 33.1 Å². The van der Waals surface area contributed by atoms with E-state index in [1.165, 1.54) is 54.4 Å². The van der Waals surface area contributed by atoms with E-state index in [1.807, 2.05) is 20.8 Å². The number of esters is 1. The highest BCUT2D eigenvalue weighted by atomic mass is 33.1. The minimum absolute atomic E-state index is 0.0279. The number of nitrogens with two attached hydrogens (primary N) is 2. The summed E-state index contributed by atoms with van der Waals surface area (Å²) in [5.74, 6) is 3.23. The van der Waals surface area contributed by atoms with Crippen molar-refractivity contribution in [1.29, 1.82) is 0 Å². The van der Waals surface area contributed by atoms with Crippen molar-refractivity contribution in [2.24, 2.45) is 0 Å². The molecule has 45 heteroatoms. The van der Waals surface area contributed by atoms with E-state index >= 15 is 0 Å². The summed E-state index contributed by atoms with van der Waals surface area (Å²) in [7, 11) is -23.6. The summed E-state index contributed by atoms with van der Waals surface area (Å²) >= 11 is 5.33. The number of nitrogen functional groups attached to an aromatic ring is 2. The van der Waals surface area contributed by atoms with Gasteiger partial charge in [0.1, 0.15) is 31.1 Å². The van der Waals surface area contributed by atoms with Crippen LogP contribution >= 0.6 is 45.1 Å². The second-order valence-electron chi connectivity index (χ2n) is 22.2. The number of hydrogen-bond acceptors (Lipinski definition) is 29. The largest absolute Gasteiger partial charge is 0.490 e. The predicted octanol–water partition coefficient (Wildman–Crippen LogP) is 4.20. The highest BCUT2D eigenvalue weighted by Crippen LogP contribution is 2.66. The van der Waals surface area contributed by atoms with Crippen molar-refractivity contribution in [3.8, 4) is 34.3 Å². The van der Waals surface area contributed by atoms with Gasteiger partial charge in [-0.1, -0.05) is 55.9 Å². The number of ketones is 1. The molecule has 6 rings (SSSR count). The number of aromatic carboxylic acids is 1. The molecule has 3 aromatic rings. The van der Waals surface area contributed by atoms with Gasteiger partial charge in [0, 0.05) is 78.1 Å². The lowest BCUT2D eigenvalue weighted by Gasteiger charge is -2.22. The first-order valence-electron chi connectivity index (χ1n) is 30.4. The number of nitrogens with one attached hydrogen (secondary N) is 2. The Hall–Kier alpha value is -5.65. The molecule has 2 aromatic carbocycles. The number of carboxylic acid groups (broad SMARTS) is 1. The Balaban J connectivity index is 0.820. The molecule has 564 valence electrons. The molecule has 2 aliphatic heterocycles. The quantitative estimate of drug-likeness (QED) is 0.00249. The third-order valence-electron chi connectivity index (χ3n) is 14.2. The van der Waals surface area contributed by atoms with Crippen LogP contribution in [0.4, 0.5) is 16.3 Å². The van der Waals surface area contributed by atoms with E-state index in [2.05, 4.69) is 35.8 Å². The fraction of sp³-hybridized carbons (Fsp3) is 0.491. The monoisotopic (exact) mass is 1610 g/mol. The number of benzene rings is 3. The zero-order valence-corrected chi connectivity index (χ0v) is 62.4. The molecule has 3 heterocycles. The van der Waals surface area contributed by atoms with E-state index < -0.39 is 135 Å². The number of unbranched alkanes of at least 4 members (excludes halogenated alkanes) is 1. The zero-order valence-electron chi connectivity index (χ0n) is 54.9. The summed E-state index contributed by atoms with van der Waals surface area (Å²) in [6.07, 6.45) is -1.01. The number of alkyl carbamates (subject to hydrolysis) is 1. The van der Waals surface area contributed by atoms with Crippen LogP contribution in [0.5, 0.6) is 0 Å². The summed E-state index contributed by atoms with van der Waals surface area (Å²) < 4.78 is 165. The molecule has 1 aromatic heterocycles. The van der Waals surface area contributed by atoms with E-state index in [0.29, 0.717) is 37.6 Å². The molecule has 1 saturated heterocycles. The van der Waals surface area contributed by atoms with Crippen LogP contribution in [0.15, 0.2) is 67.7 Å². The molecule has 13 N–H and O–H groups in total. The number of amides is 1. The van der Waals surface area contributed by atoms with Gasteiger partial charge in [-0.3, -0.25) is 27.8 Å². The summed E-state index contributed by atoms with van der Waals surface area (Å²) in [6.45, 7) is 6.33. The highest BCUT2D eigenvalue weighted by molar-refractivity contribution is 8.77. The van der Waals surface area contributed by atoms with Crippen LogP contribution in [0.2, 0.25) is 0 Å². The van der Waals surface area contributed by atoms with Crippen molar-refractivity contribution in [3.63, 3.8) is 0 Å². The van der Waals surface area contributed by atoms with Gasteiger partial charge in [-0.2, -0.15) is 30.4 Å². The number of fused-ring (bicyclic) bond motifs is 2. The summed E-state index contributed by atoms with van der Waals surface area (Å²) in [6, 6.07) is 8.64. The number of nitrogens with zero attached hydrogens (tertiary/aromatic N) is 2. The molecule has 3 aliphatic rings. The lowest BCUT2D eigenvalue weighted by molar-refractivity contribution is -0.467. The zero-order chi connectivity index (χ0) is 75.4. The second kappa shape index (κ2) is 38.6. The van der Waals surface area contributed by atoms with Crippen molar-refractivity contribution in [2.45, 2.75) is 105 Å². The average Bonchev–Trinajstić information content (AvgIpc) is 0.829. The van der Waals surface area contributed by atoms with Gasteiger partial charge in [0.25, 0.3) is 10.1 Å². The average molecular weight is 1610 g/mol. The smallest absolute Gasteiger partial charge is 0.478 e. The molecule has 102 heavy (non-hydrogen) atoms. The number of Topliss-reactive ketones (excluding diaryl/α,β-unsaturated/α-hetero) is 1. The maximum absolute atomic E-state index is 13.6. The maximum Gasteiger partial charge on any atom is 0.490 e. The SMILES string of the molecule is CCS(=S)CO[C@H]1C[C@H](n2cc(C#CCCC(=O)OCCCCOCSSC(C)(C)CCOC(=O)NCCOCCOCCCC(=O)c3ccc(C(=O)O)c(-c4c5ccc(=[NH+]C)c(S(=O)(=O)O)c-5oc5c(S(=O)(=O)O)c(N)ccc45)c3)c(N)nc2=O)O[C@@H]1COP(=O)(O)OP(=O)(O)OP(=O)(O)O. The molecule has 0 spiro atoms. The van der Waals surface area contributed by atoms with Crippen molar-refractivity contribution in [3.05, 3.63) is 81.2 Å². The van der Waals surface area contributed by atoms with Crippen LogP contribution < -0.4 is 32.8 Å². The number of carboxylic acids is 1. The van der Waals surface area contributed by atoms with Crippen molar-refractivity contribution >= 4 is 132 Å².